The second-order valence-corrected chi connectivity index (χ2v) is 3.74. The van der Waals surface area contributed by atoms with Crippen molar-refractivity contribution in [3.63, 3.8) is 0 Å². The number of aromatic nitrogens is 2. The van der Waals surface area contributed by atoms with Crippen molar-refractivity contribution >= 4 is 28.1 Å². The van der Waals surface area contributed by atoms with E-state index in [-0.39, 0.29) is 10.8 Å². The molecule has 0 spiro atoms. The highest BCUT2D eigenvalue weighted by Gasteiger charge is 2.04. The van der Waals surface area contributed by atoms with Gasteiger partial charge in [-0.05, 0) is 24.6 Å². The zero-order valence-electron chi connectivity index (χ0n) is 8.16. The lowest BCUT2D eigenvalue weighted by Gasteiger charge is -2.02. The topological polar surface area (TPSA) is 46.0 Å². The maximum Gasteiger partial charge on any atom is 0.154 e. The van der Waals surface area contributed by atoms with E-state index in [1.165, 1.54) is 0 Å². The number of nitrogens with zero attached hydrogens (tertiary/aromatic N) is 2. The average Bonchev–Trinajstić information content (AvgIpc) is 2.19. The van der Waals surface area contributed by atoms with Crippen LogP contribution in [0.4, 0.5) is 0 Å². The van der Waals surface area contributed by atoms with Crippen molar-refractivity contribution in [2.75, 3.05) is 0 Å². The third kappa shape index (κ3) is 1.78. The molecule has 0 radical (unpaired) electrons. The molecular weight excluding hydrogens is 212 g/mol. The van der Waals surface area contributed by atoms with Gasteiger partial charge in [0.1, 0.15) is 5.75 Å². The molecule has 0 aliphatic heterocycles. The van der Waals surface area contributed by atoms with Gasteiger partial charge in [-0.3, -0.25) is 0 Å². The SMILES string of the molecule is C=C(C)c1ncc2cc(O)c(Cl)cc2n1. The van der Waals surface area contributed by atoms with E-state index < -0.39 is 0 Å². The zero-order chi connectivity index (χ0) is 11.0. The fourth-order valence-corrected chi connectivity index (χ4v) is 1.40. The van der Waals surface area contributed by atoms with Gasteiger partial charge in [-0.2, -0.15) is 0 Å². The van der Waals surface area contributed by atoms with E-state index in [1.807, 2.05) is 6.92 Å². The van der Waals surface area contributed by atoms with Crippen LogP contribution in [0.2, 0.25) is 5.02 Å². The lowest BCUT2D eigenvalue weighted by molar-refractivity contribution is 0.476. The van der Waals surface area contributed by atoms with Crippen molar-refractivity contribution in [3.8, 4) is 5.75 Å². The number of rotatable bonds is 1. The molecule has 0 fully saturated rings. The van der Waals surface area contributed by atoms with Crippen LogP contribution in [-0.4, -0.2) is 15.1 Å². The maximum absolute atomic E-state index is 9.39. The number of phenolic OH excluding ortho intramolecular Hbond substituents is 1. The first-order chi connectivity index (χ1) is 7.08. The molecule has 2 aromatic rings. The van der Waals surface area contributed by atoms with E-state index in [0.717, 1.165) is 11.0 Å². The van der Waals surface area contributed by atoms with E-state index in [4.69, 9.17) is 11.6 Å². The summed E-state index contributed by atoms with van der Waals surface area (Å²) >= 11 is 5.79. The molecule has 0 bridgehead atoms. The molecule has 0 unspecified atom stereocenters. The lowest BCUT2D eigenvalue weighted by Crippen LogP contribution is -1.91. The lowest BCUT2D eigenvalue weighted by atomic mass is 10.2. The summed E-state index contributed by atoms with van der Waals surface area (Å²) < 4.78 is 0. The number of hydrogen-bond acceptors (Lipinski definition) is 3. The molecule has 1 heterocycles. The number of benzene rings is 1. The maximum atomic E-state index is 9.39. The van der Waals surface area contributed by atoms with Gasteiger partial charge in [0.05, 0.1) is 10.5 Å². The molecule has 4 heteroatoms. The van der Waals surface area contributed by atoms with Gasteiger partial charge in [0.15, 0.2) is 5.82 Å². The predicted octanol–water partition coefficient (Wildman–Crippen LogP) is 3.02. The highest BCUT2D eigenvalue weighted by molar-refractivity contribution is 6.32. The third-order valence-corrected chi connectivity index (χ3v) is 2.33. The van der Waals surface area contributed by atoms with Crippen LogP contribution in [-0.2, 0) is 0 Å². The average molecular weight is 221 g/mol. The smallest absolute Gasteiger partial charge is 0.154 e. The third-order valence-electron chi connectivity index (χ3n) is 2.03. The first-order valence-corrected chi connectivity index (χ1v) is 4.77. The minimum Gasteiger partial charge on any atom is -0.506 e. The standard InChI is InChI=1S/C11H9ClN2O/c1-6(2)11-13-5-7-3-10(15)8(12)4-9(7)14-11/h3-5,15H,1H2,2H3. The van der Waals surface area contributed by atoms with E-state index in [9.17, 15) is 5.11 Å². The Morgan fingerprint density at radius 3 is 2.87 bits per heavy atom. The quantitative estimate of drug-likeness (QED) is 0.804. The van der Waals surface area contributed by atoms with Crippen molar-refractivity contribution in [3.05, 3.63) is 35.8 Å². The Kier molecular flexibility index (Phi) is 2.32. The summed E-state index contributed by atoms with van der Waals surface area (Å²) in [6.07, 6.45) is 1.64. The summed E-state index contributed by atoms with van der Waals surface area (Å²) in [5.74, 6) is 0.625. The largest absolute Gasteiger partial charge is 0.506 e. The summed E-state index contributed by atoms with van der Waals surface area (Å²) in [4.78, 5) is 8.38. The van der Waals surface area contributed by atoms with Gasteiger partial charge in [-0.25, -0.2) is 9.97 Å². The van der Waals surface area contributed by atoms with E-state index in [2.05, 4.69) is 16.5 Å². The van der Waals surface area contributed by atoms with Gasteiger partial charge in [0.25, 0.3) is 0 Å². The number of phenols is 1. The summed E-state index contributed by atoms with van der Waals surface area (Å²) in [5.41, 5.74) is 1.49. The molecule has 0 atom stereocenters. The number of aromatic hydroxyl groups is 1. The molecule has 1 aromatic heterocycles. The molecule has 1 N–H and O–H groups in total. The minimum atomic E-state index is 0.0378. The summed E-state index contributed by atoms with van der Waals surface area (Å²) in [7, 11) is 0. The number of fused-ring (bicyclic) bond motifs is 1. The summed E-state index contributed by atoms with van der Waals surface area (Å²) in [6.45, 7) is 5.60. The fraction of sp³-hybridized carbons (Fsp3) is 0.0909. The van der Waals surface area contributed by atoms with Crippen molar-refractivity contribution in [2.24, 2.45) is 0 Å². The first-order valence-electron chi connectivity index (χ1n) is 4.39. The molecule has 15 heavy (non-hydrogen) atoms. The zero-order valence-corrected chi connectivity index (χ0v) is 8.91. The van der Waals surface area contributed by atoms with Crippen molar-refractivity contribution < 1.29 is 5.11 Å². The van der Waals surface area contributed by atoms with Gasteiger partial charge >= 0.3 is 0 Å². The molecular formula is C11H9ClN2O. The van der Waals surface area contributed by atoms with Crippen LogP contribution >= 0.6 is 11.6 Å². The Morgan fingerprint density at radius 1 is 1.47 bits per heavy atom. The highest BCUT2D eigenvalue weighted by atomic mass is 35.5. The minimum absolute atomic E-state index is 0.0378. The number of hydrogen-bond donors (Lipinski definition) is 1. The van der Waals surface area contributed by atoms with Crippen molar-refractivity contribution in [1.82, 2.24) is 9.97 Å². The molecule has 0 amide bonds. The fourth-order valence-electron chi connectivity index (χ4n) is 1.25. The monoisotopic (exact) mass is 220 g/mol. The normalized spacial score (nSPS) is 10.5. The summed E-state index contributed by atoms with van der Waals surface area (Å²) in [6, 6.07) is 3.15. The second kappa shape index (κ2) is 3.51. The van der Waals surface area contributed by atoms with Crippen LogP contribution in [0.5, 0.6) is 5.75 Å². The predicted molar refractivity (Wildman–Crippen MR) is 60.9 cm³/mol. The Labute approximate surface area is 92.1 Å². The van der Waals surface area contributed by atoms with Crippen molar-refractivity contribution in [1.29, 1.82) is 0 Å². The van der Waals surface area contributed by atoms with Gasteiger partial charge in [0, 0.05) is 11.6 Å². The van der Waals surface area contributed by atoms with Crippen LogP contribution in [0.25, 0.3) is 16.5 Å². The van der Waals surface area contributed by atoms with Gasteiger partial charge in [0.2, 0.25) is 0 Å². The first kappa shape index (κ1) is 9.93. The van der Waals surface area contributed by atoms with Crippen LogP contribution in [0, 0.1) is 0 Å². The second-order valence-electron chi connectivity index (χ2n) is 3.34. The van der Waals surface area contributed by atoms with Gasteiger partial charge in [-0.15, -0.1) is 0 Å². The summed E-state index contributed by atoms with van der Waals surface area (Å²) in [5, 5.41) is 10.4. The molecule has 1 aromatic carbocycles. The van der Waals surface area contributed by atoms with E-state index in [1.54, 1.807) is 18.3 Å². The number of halogens is 1. The van der Waals surface area contributed by atoms with Crippen LogP contribution in [0.1, 0.15) is 12.7 Å². The van der Waals surface area contributed by atoms with Crippen LogP contribution < -0.4 is 0 Å². The van der Waals surface area contributed by atoms with E-state index in [0.29, 0.717) is 11.3 Å². The van der Waals surface area contributed by atoms with Crippen molar-refractivity contribution in [2.45, 2.75) is 6.92 Å². The molecule has 2 rings (SSSR count). The molecule has 3 nitrogen and oxygen atoms in total. The van der Waals surface area contributed by atoms with Gasteiger partial charge in [-0.1, -0.05) is 18.2 Å². The Hall–Kier alpha value is -1.61. The molecule has 0 aliphatic rings. The highest BCUT2D eigenvalue weighted by Crippen LogP contribution is 2.27. The molecule has 76 valence electrons. The van der Waals surface area contributed by atoms with Crippen LogP contribution in [0.3, 0.4) is 0 Å². The number of allylic oxidation sites excluding steroid dienone is 1. The Bertz CT molecular complexity index is 552. The van der Waals surface area contributed by atoms with E-state index >= 15 is 0 Å². The Balaban J connectivity index is 2.72. The Morgan fingerprint density at radius 2 is 2.20 bits per heavy atom. The molecule has 0 saturated carbocycles. The molecule has 0 aliphatic carbocycles. The molecule has 0 saturated heterocycles. The van der Waals surface area contributed by atoms with Gasteiger partial charge < -0.3 is 5.11 Å². The van der Waals surface area contributed by atoms with Crippen LogP contribution in [0.15, 0.2) is 24.9 Å².